The Morgan fingerprint density at radius 3 is 2.12 bits per heavy atom. The molecule has 1 N–H and O–H groups in total. The molecule has 0 bridgehead atoms. The molecule has 0 unspecified atom stereocenters. The minimum Gasteiger partial charge on any atom is -0.341 e. The third-order valence-electron chi connectivity index (χ3n) is 6.06. The van der Waals surface area contributed by atoms with Crippen LogP contribution < -0.4 is 5.32 Å². The van der Waals surface area contributed by atoms with Gasteiger partial charge in [0.15, 0.2) is 0 Å². The summed E-state index contributed by atoms with van der Waals surface area (Å²) in [6.07, 6.45) is 7.67. The first-order valence-corrected chi connectivity index (χ1v) is 9.89. The second-order valence-corrected chi connectivity index (χ2v) is 8.25. The van der Waals surface area contributed by atoms with Crippen molar-refractivity contribution in [2.24, 2.45) is 17.8 Å². The molecule has 5 nitrogen and oxygen atoms in total. The molecule has 0 aromatic rings. The van der Waals surface area contributed by atoms with Crippen molar-refractivity contribution in [1.29, 1.82) is 0 Å². The van der Waals surface area contributed by atoms with Gasteiger partial charge in [-0.2, -0.15) is 0 Å². The largest absolute Gasteiger partial charge is 0.341 e. The molecule has 0 aromatic carbocycles. The van der Waals surface area contributed by atoms with E-state index in [4.69, 9.17) is 0 Å². The zero-order valence-electron chi connectivity index (χ0n) is 15.3. The predicted octanol–water partition coefficient (Wildman–Crippen LogP) is 2.86. The molecule has 2 saturated carbocycles. The van der Waals surface area contributed by atoms with Crippen LogP contribution in [0.1, 0.15) is 58.8 Å². The molecule has 24 heavy (non-hydrogen) atoms. The van der Waals surface area contributed by atoms with Gasteiger partial charge in [-0.25, -0.2) is 4.79 Å². The van der Waals surface area contributed by atoms with Crippen molar-refractivity contribution >= 4 is 11.9 Å². The van der Waals surface area contributed by atoms with Crippen LogP contribution >= 0.6 is 0 Å². The summed E-state index contributed by atoms with van der Waals surface area (Å²) in [5.74, 6) is 2.16. The molecule has 136 valence electrons. The van der Waals surface area contributed by atoms with Crippen molar-refractivity contribution in [3.05, 3.63) is 0 Å². The minimum absolute atomic E-state index is 0.0729. The smallest absolute Gasteiger partial charge is 0.317 e. The van der Waals surface area contributed by atoms with Gasteiger partial charge in [0, 0.05) is 38.1 Å². The number of urea groups is 1. The highest BCUT2D eigenvalue weighted by Crippen LogP contribution is 2.31. The Morgan fingerprint density at radius 2 is 1.50 bits per heavy atom. The lowest BCUT2D eigenvalue weighted by molar-refractivity contribution is -0.132. The Balaban J connectivity index is 1.43. The summed E-state index contributed by atoms with van der Waals surface area (Å²) in [5.41, 5.74) is 0. The van der Waals surface area contributed by atoms with E-state index in [-0.39, 0.29) is 11.9 Å². The summed E-state index contributed by atoms with van der Waals surface area (Å²) >= 11 is 0. The third kappa shape index (κ3) is 4.42. The second-order valence-electron chi connectivity index (χ2n) is 8.25. The second kappa shape index (κ2) is 7.75. The highest BCUT2D eigenvalue weighted by Gasteiger charge is 2.34. The van der Waals surface area contributed by atoms with E-state index < -0.39 is 0 Å². The van der Waals surface area contributed by atoms with Crippen LogP contribution in [0.15, 0.2) is 0 Å². The van der Waals surface area contributed by atoms with Gasteiger partial charge in [-0.05, 0) is 56.8 Å². The maximum atomic E-state index is 12.6. The molecule has 0 atom stereocenters. The molecule has 0 radical (unpaired) electrons. The third-order valence-corrected chi connectivity index (χ3v) is 6.06. The summed E-state index contributed by atoms with van der Waals surface area (Å²) in [7, 11) is 0. The average Bonchev–Trinajstić information content (AvgIpc) is 3.41. The maximum Gasteiger partial charge on any atom is 0.317 e. The number of carbonyl (C=O) groups excluding carboxylic acids is 2. The van der Waals surface area contributed by atoms with Crippen LogP contribution in [0.25, 0.3) is 0 Å². The predicted molar refractivity (Wildman–Crippen MR) is 94.6 cm³/mol. The molecule has 0 aromatic heterocycles. The first-order valence-electron chi connectivity index (χ1n) is 9.89. The van der Waals surface area contributed by atoms with E-state index in [0.29, 0.717) is 25.0 Å². The van der Waals surface area contributed by atoms with E-state index in [2.05, 4.69) is 19.2 Å². The van der Waals surface area contributed by atoms with Crippen molar-refractivity contribution in [3.8, 4) is 0 Å². The van der Waals surface area contributed by atoms with Gasteiger partial charge < -0.3 is 15.1 Å². The van der Waals surface area contributed by atoms with Crippen LogP contribution in [0.3, 0.4) is 0 Å². The Kier molecular flexibility index (Phi) is 5.67. The molecule has 2 aliphatic carbocycles. The first kappa shape index (κ1) is 17.6. The van der Waals surface area contributed by atoms with Gasteiger partial charge in [-0.1, -0.05) is 13.8 Å². The fraction of sp³-hybridized carbons (Fsp3) is 0.895. The lowest BCUT2D eigenvalue weighted by atomic mass is 9.80. The molecule has 3 amide bonds. The van der Waals surface area contributed by atoms with Crippen molar-refractivity contribution in [1.82, 2.24) is 15.1 Å². The van der Waals surface area contributed by atoms with Gasteiger partial charge in [0.05, 0.1) is 0 Å². The summed E-state index contributed by atoms with van der Waals surface area (Å²) in [6, 6.07) is 0.406. The fourth-order valence-electron chi connectivity index (χ4n) is 4.13. The zero-order valence-corrected chi connectivity index (χ0v) is 15.3. The molecule has 3 aliphatic rings. The Hall–Kier alpha value is -1.26. The maximum absolute atomic E-state index is 12.6. The van der Waals surface area contributed by atoms with Crippen LogP contribution in [0.2, 0.25) is 0 Å². The van der Waals surface area contributed by atoms with Crippen LogP contribution in [0.5, 0.6) is 0 Å². The van der Waals surface area contributed by atoms with Crippen molar-refractivity contribution in [2.75, 3.05) is 26.2 Å². The Morgan fingerprint density at radius 1 is 0.875 bits per heavy atom. The van der Waals surface area contributed by atoms with Gasteiger partial charge in [-0.3, -0.25) is 4.79 Å². The van der Waals surface area contributed by atoms with Crippen molar-refractivity contribution in [3.63, 3.8) is 0 Å². The highest BCUT2D eigenvalue weighted by molar-refractivity contribution is 5.81. The normalized spacial score (nSPS) is 28.6. The number of rotatable bonds is 3. The standard InChI is InChI=1S/C19H33N3O2/c1-14(2)15-6-8-17(9-7-15)20-19(24)22-11-3-10-21(12-13-22)18(23)16-4-5-16/h14-17H,3-13H2,1-2H3,(H,20,24). The number of amides is 3. The molecular formula is C19H33N3O2. The van der Waals surface area contributed by atoms with E-state index in [0.717, 1.165) is 57.0 Å². The van der Waals surface area contributed by atoms with Crippen LogP contribution in [0.4, 0.5) is 4.79 Å². The van der Waals surface area contributed by atoms with Gasteiger partial charge in [0.25, 0.3) is 0 Å². The topological polar surface area (TPSA) is 52.7 Å². The highest BCUT2D eigenvalue weighted by atomic mass is 16.2. The van der Waals surface area contributed by atoms with E-state index in [1.54, 1.807) is 0 Å². The SMILES string of the molecule is CC(C)C1CCC(NC(=O)N2CCCN(C(=O)C3CC3)CC2)CC1. The van der Waals surface area contributed by atoms with Crippen molar-refractivity contribution < 1.29 is 9.59 Å². The Bertz CT molecular complexity index is 454. The van der Waals surface area contributed by atoms with Gasteiger partial charge in [0.2, 0.25) is 5.91 Å². The van der Waals surface area contributed by atoms with Crippen LogP contribution in [0, 0.1) is 17.8 Å². The average molecular weight is 335 g/mol. The quantitative estimate of drug-likeness (QED) is 0.862. The Labute approximate surface area is 146 Å². The number of carbonyl (C=O) groups is 2. The number of nitrogens with zero attached hydrogens (tertiary/aromatic N) is 2. The molecule has 1 aliphatic heterocycles. The lowest BCUT2D eigenvalue weighted by Crippen LogP contribution is -2.47. The van der Waals surface area contributed by atoms with E-state index >= 15 is 0 Å². The van der Waals surface area contributed by atoms with E-state index in [9.17, 15) is 9.59 Å². The van der Waals surface area contributed by atoms with Crippen LogP contribution in [-0.4, -0.2) is 54.0 Å². The first-order chi connectivity index (χ1) is 11.5. The zero-order chi connectivity index (χ0) is 17.1. The number of hydrogen-bond acceptors (Lipinski definition) is 2. The van der Waals surface area contributed by atoms with Gasteiger partial charge in [-0.15, -0.1) is 0 Å². The van der Waals surface area contributed by atoms with Gasteiger partial charge >= 0.3 is 6.03 Å². The monoisotopic (exact) mass is 335 g/mol. The summed E-state index contributed by atoms with van der Waals surface area (Å²) < 4.78 is 0. The van der Waals surface area contributed by atoms with Crippen molar-refractivity contribution in [2.45, 2.75) is 64.8 Å². The summed E-state index contributed by atoms with van der Waals surface area (Å²) in [6.45, 7) is 7.54. The summed E-state index contributed by atoms with van der Waals surface area (Å²) in [5, 5.41) is 3.24. The number of nitrogens with one attached hydrogen (secondary N) is 1. The van der Waals surface area contributed by atoms with Gasteiger partial charge in [0.1, 0.15) is 0 Å². The minimum atomic E-state index is 0.0729. The molecule has 3 rings (SSSR count). The lowest BCUT2D eigenvalue weighted by Gasteiger charge is -2.32. The molecular weight excluding hydrogens is 302 g/mol. The molecule has 1 saturated heterocycles. The summed E-state index contributed by atoms with van der Waals surface area (Å²) in [4.78, 5) is 28.7. The molecule has 0 spiro atoms. The molecule has 3 fully saturated rings. The van der Waals surface area contributed by atoms with Crippen LogP contribution in [-0.2, 0) is 4.79 Å². The molecule has 5 heteroatoms. The van der Waals surface area contributed by atoms with E-state index in [1.165, 1.54) is 12.8 Å². The fourth-order valence-corrected chi connectivity index (χ4v) is 4.13. The van der Waals surface area contributed by atoms with E-state index in [1.807, 2.05) is 9.80 Å². The number of hydrogen-bond donors (Lipinski definition) is 1. The molecule has 1 heterocycles.